The molecule has 6 nitrogen and oxygen atoms in total. The molecule has 0 aliphatic heterocycles. The van der Waals surface area contributed by atoms with E-state index in [0.717, 1.165) is 28.2 Å². The van der Waals surface area contributed by atoms with Gasteiger partial charge in [0.15, 0.2) is 0 Å². The quantitative estimate of drug-likeness (QED) is 0.489. The number of ether oxygens (including phenoxy) is 1. The first kappa shape index (κ1) is 19.6. The number of para-hydroxylation sites is 3. The van der Waals surface area contributed by atoms with Crippen molar-refractivity contribution >= 4 is 16.9 Å². The Morgan fingerprint density at radius 1 is 1.03 bits per heavy atom. The highest BCUT2D eigenvalue weighted by Crippen LogP contribution is 2.19. The standard InChI is InChI=1S/C24H24N4O2/c1-18-6-2-5-9-22(18)30-17-16-28-21-8-4-3-7-20(21)27-23(28)12-15-26-24(29)19-10-13-25-14-11-19/h2-11,13-14H,12,15-17H2,1H3,(H,26,29). The Hall–Kier alpha value is -3.67. The van der Waals surface area contributed by atoms with Gasteiger partial charge in [0.25, 0.3) is 5.91 Å². The number of hydrogen-bond acceptors (Lipinski definition) is 4. The van der Waals surface area contributed by atoms with Crippen LogP contribution in [0.25, 0.3) is 11.0 Å². The Labute approximate surface area is 175 Å². The molecule has 1 N–H and O–H groups in total. The molecule has 0 atom stereocenters. The summed E-state index contributed by atoms with van der Waals surface area (Å²) in [5, 5.41) is 2.96. The number of fused-ring (bicyclic) bond motifs is 1. The SMILES string of the molecule is Cc1ccccc1OCCn1c(CCNC(=O)c2ccncc2)nc2ccccc21. The molecule has 0 saturated heterocycles. The van der Waals surface area contributed by atoms with Crippen LogP contribution in [0.5, 0.6) is 5.75 Å². The number of imidazole rings is 1. The zero-order chi connectivity index (χ0) is 20.8. The number of amides is 1. The molecule has 152 valence electrons. The largest absolute Gasteiger partial charge is 0.491 e. The van der Waals surface area contributed by atoms with Crippen molar-refractivity contribution in [2.24, 2.45) is 0 Å². The first-order chi connectivity index (χ1) is 14.7. The molecule has 4 rings (SSSR count). The Balaban J connectivity index is 1.43. The molecule has 0 unspecified atom stereocenters. The van der Waals surface area contributed by atoms with E-state index in [9.17, 15) is 4.79 Å². The summed E-state index contributed by atoms with van der Waals surface area (Å²) in [6.07, 6.45) is 3.86. The number of carbonyl (C=O) groups is 1. The smallest absolute Gasteiger partial charge is 0.251 e. The van der Waals surface area contributed by atoms with Gasteiger partial charge in [-0.1, -0.05) is 30.3 Å². The lowest BCUT2D eigenvalue weighted by molar-refractivity contribution is 0.0953. The van der Waals surface area contributed by atoms with E-state index in [2.05, 4.69) is 20.9 Å². The average molecular weight is 400 g/mol. The molecule has 2 aromatic carbocycles. The van der Waals surface area contributed by atoms with Crippen molar-refractivity contribution in [3.05, 3.63) is 90.0 Å². The summed E-state index contributed by atoms with van der Waals surface area (Å²) in [6.45, 7) is 3.77. The highest BCUT2D eigenvalue weighted by atomic mass is 16.5. The van der Waals surface area contributed by atoms with Crippen LogP contribution < -0.4 is 10.1 Å². The molecule has 30 heavy (non-hydrogen) atoms. The van der Waals surface area contributed by atoms with Crippen LogP contribution in [-0.2, 0) is 13.0 Å². The molecule has 2 aromatic heterocycles. The van der Waals surface area contributed by atoms with E-state index >= 15 is 0 Å². The molecular weight excluding hydrogens is 376 g/mol. The highest BCUT2D eigenvalue weighted by molar-refractivity contribution is 5.93. The number of carbonyl (C=O) groups excluding carboxylic acids is 1. The Morgan fingerprint density at radius 3 is 2.63 bits per heavy atom. The number of nitrogens with zero attached hydrogens (tertiary/aromatic N) is 3. The summed E-state index contributed by atoms with van der Waals surface area (Å²) in [5.74, 6) is 1.72. The third kappa shape index (κ3) is 4.49. The molecule has 0 bridgehead atoms. The summed E-state index contributed by atoms with van der Waals surface area (Å²) in [4.78, 5) is 21.0. The number of nitrogens with one attached hydrogen (secondary N) is 1. The molecular formula is C24H24N4O2. The van der Waals surface area contributed by atoms with Crippen LogP contribution in [0.1, 0.15) is 21.7 Å². The highest BCUT2D eigenvalue weighted by Gasteiger charge is 2.12. The number of pyridine rings is 1. The van der Waals surface area contributed by atoms with Crippen LogP contribution in [-0.4, -0.2) is 33.6 Å². The molecule has 0 aliphatic carbocycles. The molecule has 1 amide bonds. The van der Waals surface area contributed by atoms with Crippen molar-refractivity contribution in [1.82, 2.24) is 19.9 Å². The number of hydrogen-bond donors (Lipinski definition) is 1. The summed E-state index contributed by atoms with van der Waals surface area (Å²) in [6, 6.07) is 19.5. The molecule has 4 aromatic rings. The number of benzene rings is 2. The van der Waals surface area contributed by atoms with Gasteiger partial charge in [0.2, 0.25) is 0 Å². The average Bonchev–Trinajstić information content (AvgIpc) is 3.13. The second-order valence-corrected chi connectivity index (χ2v) is 7.02. The van der Waals surface area contributed by atoms with E-state index in [1.54, 1.807) is 24.5 Å². The predicted octanol–water partition coefficient (Wildman–Crippen LogP) is 3.79. The second kappa shape index (κ2) is 9.22. The van der Waals surface area contributed by atoms with Gasteiger partial charge in [0.1, 0.15) is 18.2 Å². The van der Waals surface area contributed by atoms with Gasteiger partial charge in [0.05, 0.1) is 17.6 Å². The lowest BCUT2D eigenvalue weighted by atomic mass is 10.2. The van der Waals surface area contributed by atoms with E-state index < -0.39 is 0 Å². The fraction of sp³-hybridized carbons (Fsp3) is 0.208. The van der Waals surface area contributed by atoms with Gasteiger partial charge < -0.3 is 14.6 Å². The minimum absolute atomic E-state index is 0.108. The maximum Gasteiger partial charge on any atom is 0.251 e. The van der Waals surface area contributed by atoms with Gasteiger partial charge in [-0.3, -0.25) is 9.78 Å². The van der Waals surface area contributed by atoms with Gasteiger partial charge in [-0.05, 0) is 42.8 Å². The van der Waals surface area contributed by atoms with Crippen molar-refractivity contribution in [3.8, 4) is 5.75 Å². The third-order valence-corrected chi connectivity index (χ3v) is 4.98. The summed E-state index contributed by atoms with van der Waals surface area (Å²) in [7, 11) is 0. The first-order valence-corrected chi connectivity index (χ1v) is 10.0. The summed E-state index contributed by atoms with van der Waals surface area (Å²) in [5.41, 5.74) is 3.74. The van der Waals surface area contributed by atoms with Crippen LogP contribution in [0, 0.1) is 6.92 Å². The van der Waals surface area contributed by atoms with Crippen LogP contribution in [0.4, 0.5) is 0 Å². The minimum Gasteiger partial charge on any atom is -0.491 e. The van der Waals surface area contributed by atoms with E-state index in [1.165, 1.54) is 0 Å². The molecule has 0 fully saturated rings. The number of aromatic nitrogens is 3. The predicted molar refractivity (Wildman–Crippen MR) is 117 cm³/mol. The molecule has 0 radical (unpaired) electrons. The van der Waals surface area contributed by atoms with Crippen LogP contribution >= 0.6 is 0 Å². The van der Waals surface area contributed by atoms with Gasteiger partial charge in [-0.2, -0.15) is 0 Å². The monoisotopic (exact) mass is 400 g/mol. The second-order valence-electron chi connectivity index (χ2n) is 7.02. The number of aryl methyl sites for hydroxylation is 1. The Bertz CT molecular complexity index is 1140. The normalized spacial score (nSPS) is 10.8. The van der Waals surface area contributed by atoms with Crippen molar-refractivity contribution in [2.75, 3.05) is 13.2 Å². The first-order valence-electron chi connectivity index (χ1n) is 10.0. The lowest BCUT2D eigenvalue weighted by Crippen LogP contribution is -2.26. The van der Waals surface area contributed by atoms with E-state index in [-0.39, 0.29) is 5.91 Å². The van der Waals surface area contributed by atoms with Crippen LogP contribution in [0.2, 0.25) is 0 Å². The zero-order valence-corrected chi connectivity index (χ0v) is 16.9. The molecule has 2 heterocycles. The van der Waals surface area contributed by atoms with Gasteiger partial charge >= 0.3 is 0 Å². The van der Waals surface area contributed by atoms with Crippen molar-refractivity contribution in [1.29, 1.82) is 0 Å². The van der Waals surface area contributed by atoms with Gasteiger partial charge in [-0.15, -0.1) is 0 Å². The molecule has 6 heteroatoms. The fourth-order valence-corrected chi connectivity index (χ4v) is 3.42. The van der Waals surface area contributed by atoms with E-state index in [1.807, 2.05) is 49.4 Å². The number of rotatable bonds is 8. The van der Waals surface area contributed by atoms with Crippen LogP contribution in [0.15, 0.2) is 73.1 Å². The Kier molecular flexibility index (Phi) is 6.03. The summed E-state index contributed by atoms with van der Waals surface area (Å²) < 4.78 is 8.16. The Morgan fingerprint density at radius 2 is 1.80 bits per heavy atom. The summed E-state index contributed by atoms with van der Waals surface area (Å²) >= 11 is 0. The van der Waals surface area contributed by atoms with Crippen molar-refractivity contribution < 1.29 is 9.53 Å². The van der Waals surface area contributed by atoms with E-state index in [0.29, 0.717) is 31.7 Å². The third-order valence-electron chi connectivity index (χ3n) is 4.98. The maximum atomic E-state index is 12.3. The zero-order valence-electron chi connectivity index (χ0n) is 16.9. The maximum absolute atomic E-state index is 12.3. The van der Waals surface area contributed by atoms with Crippen molar-refractivity contribution in [2.45, 2.75) is 19.9 Å². The molecule has 0 aliphatic rings. The van der Waals surface area contributed by atoms with E-state index in [4.69, 9.17) is 9.72 Å². The molecule has 0 spiro atoms. The van der Waals surface area contributed by atoms with Crippen LogP contribution in [0.3, 0.4) is 0 Å². The fourth-order valence-electron chi connectivity index (χ4n) is 3.42. The van der Waals surface area contributed by atoms with Crippen molar-refractivity contribution in [3.63, 3.8) is 0 Å². The topological polar surface area (TPSA) is 69.0 Å². The van der Waals surface area contributed by atoms with Gasteiger partial charge in [-0.25, -0.2) is 4.98 Å². The van der Waals surface area contributed by atoms with Gasteiger partial charge in [0, 0.05) is 30.9 Å². The minimum atomic E-state index is -0.108. The molecule has 0 saturated carbocycles. The lowest BCUT2D eigenvalue weighted by Gasteiger charge is -2.12.